The van der Waals surface area contributed by atoms with E-state index < -0.39 is 72.3 Å². The van der Waals surface area contributed by atoms with Crippen LogP contribution in [0.5, 0.6) is 5.75 Å². The van der Waals surface area contributed by atoms with Gasteiger partial charge in [-0.2, -0.15) is 48.3 Å². The first-order valence-electron chi connectivity index (χ1n) is 11.6. The van der Waals surface area contributed by atoms with Crippen LogP contribution in [0.25, 0.3) is 0 Å². The van der Waals surface area contributed by atoms with Crippen molar-refractivity contribution in [2.45, 2.75) is 61.3 Å². The predicted molar refractivity (Wildman–Crippen MR) is 119 cm³/mol. The number of hydrogen-bond donors (Lipinski definition) is 1. The van der Waals surface area contributed by atoms with E-state index in [0.717, 1.165) is 17.7 Å². The number of carbonyl (C=O) groups excluding carboxylic acids is 1. The monoisotopic (exact) mass is 629 g/mol. The highest BCUT2D eigenvalue weighted by molar-refractivity contribution is 6.04. The Morgan fingerprint density at radius 2 is 1.38 bits per heavy atom. The SMILES string of the molecule is COCc1ccc(C(=O)Nc2ccc(OC(F)(F)C(F)(F)C3(F)CC3C(C)(F)C(F)(F)C(F)(F)C(F)(F)F)cc2)cc1. The van der Waals surface area contributed by atoms with E-state index in [9.17, 15) is 61.9 Å². The molecule has 2 aromatic carbocycles. The molecule has 42 heavy (non-hydrogen) atoms. The van der Waals surface area contributed by atoms with E-state index >= 15 is 0 Å². The summed E-state index contributed by atoms with van der Waals surface area (Å²) in [6.45, 7) is -0.445. The fraction of sp³-hybridized carbons (Fsp3) is 0.480. The molecule has 0 heterocycles. The number of hydrogen-bond acceptors (Lipinski definition) is 3. The normalized spacial score (nSPS) is 21.5. The summed E-state index contributed by atoms with van der Waals surface area (Å²) in [4.78, 5) is 12.3. The summed E-state index contributed by atoms with van der Waals surface area (Å²) < 4.78 is 188. The van der Waals surface area contributed by atoms with Crippen LogP contribution in [0.1, 0.15) is 29.3 Å². The van der Waals surface area contributed by atoms with Gasteiger partial charge in [-0.3, -0.25) is 4.79 Å². The number of methoxy groups -OCH3 is 1. The zero-order valence-corrected chi connectivity index (χ0v) is 21.2. The van der Waals surface area contributed by atoms with Crippen molar-refractivity contribution in [3.63, 3.8) is 0 Å². The standard InChI is InChI=1S/C25H20F13NO3/c1-19(26,21(28,29)23(32,33)24(34,35)36)17-11-20(17,27)22(30,31)25(37,38)42-16-9-7-15(8-10-16)39-18(40)14-5-3-13(4-6-14)12-41-2/h3-10,17H,11-12H2,1-2H3,(H,39,40). The molecule has 1 saturated carbocycles. The molecule has 1 N–H and O–H groups in total. The van der Waals surface area contributed by atoms with Crippen LogP contribution in [0, 0.1) is 5.92 Å². The van der Waals surface area contributed by atoms with Gasteiger partial charge < -0.3 is 14.8 Å². The van der Waals surface area contributed by atoms with Gasteiger partial charge in [0.25, 0.3) is 5.91 Å². The average Bonchev–Trinajstić information content (AvgIpc) is 3.59. The molecular weight excluding hydrogens is 609 g/mol. The number of rotatable bonds is 11. The Labute approximate surface area is 228 Å². The van der Waals surface area contributed by atoms with Gasteiger partial charge in [0, 0.05) is 24.3 Å². The lowest BCUT2D eigenvalue weighted by Gasteiger charge is -2.38. The predicted octanol–water partition coefficient (Wildman–Crippen LogP) is 7.98. The quantitative estimate of drug-likeness (QED) is 0.257. The van der Waals surface area contributed by atoms with E-state index in [2.05, 4.69) is 10.1 Å². The summed E-state index contributed by atoms with van der Waals surface area (Å²) in [5, 5.41) is 2.35. The van der Waals surface area contributed by atoms with Gasteiger partial charge in [-0.15, -0.1) is 0 Å². The number of alkyl halides is 13. The molecule has 3 rings (SSSR count). The number of amides is 1. The summed E-state index contributed by atoms with van der Waals surface area (Å²) in [7, 11) is 1.45. The van der Waals surface area contributed by atoms with Crippen molar-refractivity contribution in [1.82, 2.24) is 0 Å². The lowest BCUT2D eigenvalue weighted by Crippen LogP contribution is -2.64. The minimum absolute atomic E-state index is 0.0615. The summed E-state index contributed by atoms with van der Waals surface area (Å²) in [5.41, 5.74) is -9.52. The number of halogens is 13. The second-order valence-electron chi connectivity index (χ2n) is 9.64. The van der Waals surface area contributed by atoms with Crippen LogP contribution in [-0.2, 0) is 11.3 Å². The van der Waals surface area contributed by atoms with Crippen molar-refractivity contribution < 1.29 is 71.3 Å². The van der Waals surface area contributed by atoms with Gasteiger partial charge >= 0.3 is 30.1 Å². The summed E-state index contributed by atoms with van der Waals surface area (Å²) in [6, 6.07) is 9.02. The Hall–Kier alpha value is -3.24. The first-order chi connectivity index (χ1) is 19.0. The molecule has 0 spiro atoms. The molecule has 3 atom stereocenters. The molecule has 1 aliphatic rings. The maximum Gasteiger partial charge on any atom is 0.467 e. The molecule has 1 fully saturated rings. The molecule has 17 heteroatoms. The van der Waals surface area contributed by atoms with Crippen molar-refractivity contribution >= 4 is 11.6 Å². The summed E-state index contributed by atoms with van der Waals surface area (Å²) >= 11 is 0. The fourth-order valence-corrected chi connectivity index (χ4v) is 4.09. The third-order valence-electron chi connectivity index (χ3n) is 6.68. The third kappa shape index (κ3) is 5.46. The van der Waals surface area contributed by atoms with E-state index in [4.69, 9.17) is 4.74 Å². The maximum absolute atomic E-state index is 14.8. The van der Waals surface area contributed by atoms with Gasteiger partial charge in [0.2, 0.25) is 0 Å². The van der Waals surface area contributed by atoms with E-state index in [1.807, 2.05) is 0 Å². The van der Waals surface area contributed by atoms with Gasteiger partial charge in [0.05, 0.1) is 6.61 Å². The number of nitrogens with one attached hydrogen (secondary N) is 1. The third-order valence-corrected chi connectivity index (χ3v) is 6.68. The molecule has 4 nitrogen and oxygen atoms in total. The molecule has 0 aliphatic heterocycles. The van der Waals surface area contributed by atoms with Crippen LogP contribution in [-0.4, -0.2) is 54.4 Å². The largest absolute Gasteiger partial charge is 0.467 e. The van der Waals surface area contributed by atoms with Crippen LogP contribution in [0.4, 0.5) is 62.8 Å². The second kappa shape index (κ2) is 10.5. The lowest BCUT2D eigenvalue weighted by atomic mass is 9.86. The van der Waals surface area contributed by atoms with E-state index in [0.29, 0.717) is 12.1 Å². The van der Waals surface area contributed by atoms with E-state index in [1.165, 1.54) is 19.2 Å². The van der Waals surface area contributed by atoms with Crippen LogP contribution in [0.3, 0.4) is 0 Å². The molecule has 3 unspecified atom stereocenters. The van der Waals surface area contributed by atoms with Crippen molar-refractivity contribution in [2.75, 3.05) is 12.4 Å². The average molecular weight is 629 g/mol. The van der Waals surface area contributed by atoms with Crippen LogP contribution < -0.4 is 10.1 Å². The van der Waals surface area contributed by atoms with E-state index in [1.54, 1.807) is 12.1 Å². The Balaban J connectivity index is 1.74. The van der Waals surface area contributed by atoms with Crippen molar-refractivity contribution in [1.29, 1.82) is 0 Å². The topological polar surface area (TPSA) is 47.6 Å². The Bertz CT molecular complexity index is 1280. The van der Waals surface area contributed by atoms with Gasteiger partial charge in [-0.1, -0.05) is 12.1 Å². The number of benzene rings is 2. The maximum atomic E-state index is 14.8. The molecular formula is C25H20F13NO3. The second-order valence-corrected chi connectivity index (χ2v) is 9.64. The fourth-order valence-electron chi connectivity index (χ4n) is 4.09. The molecule has 234 valence electrons. The number of carbonyl (C=O) groups is 1. The summed E-state index contributed by atoms with van der Waals surface area (Å²) in [6.07, 6.45) is -15.3. The van der Waals surface area contributed by atoms with Crippen molar-refractivity contribution in [3.05, 3.63) is 59.7 Å². The number of anilines is 1. The smallest absolute Gasteiger partial charge is 0.428 e. The highest BCUT2D eigenvalue weighted by atomic mass is 19.4. The molecule has 2 aromatic rings. The lowest BCUT2D eigenvalue weighted by molar-refractivity contribution is -0.383. The molecule has 0 radical (unpaired) electrons. The van der Waals surface area contributed by atoms with Crippen molar-refractivity contribution in [2.24, 2.45) is 5.92 Å². The highest BCUT2D eigenvalue weighted by Crippen LogP contribution is 2.69. The minimum atomic E-state index is -7.16. The molecule has 1 amide bonds. The zero-order chi connectivity index (χ0) is 32.2. The first-order valence-corrected chi connectivity index (χ1v) is 11.6. The molecule has 1 aliphatic carbocycles. The Morgan fingerprint density at radius 3 is 1.86 bits per heavy atom. The zero-order valence-electron chi connectivity index (χ0n) is 21.2. The van der Waals surface area contributed by atoms with E-state index in [-0.39, 0.29) is 17.9 Å². The van der Waals surface area contributed by atoms with Gasteiger partial charge in [0.1, 0.15) is 5.75 Å². The Kier molecular flexibility index (Phi) is 8.30. The van der Waals surface area contributed by atoms with Crippen LogP contribution >= 0.6 is 0 Å². The molecule has 0 aromatic heterocycles. The minimum Gasteiger partial charge on any atom is -0.428 e. The van der Waals surface area contributed by atoms with Gasteiger partial charge in [-0.05, 0) is 55.3 Å². The molecule has 0 saturated heterocycles. The van der Waals surface area contributed by atoms with Crippen LogP contribution in [0.15, 0.2) is 48.5 Å². The highest BCUT2D eigenvalue weighted by Gasteiger charge is 2.90. The Morgan fingerprint density at radius 1 is 0.857 bits per heavy atom. The first kappa shape index (κ1) is 33.3. The van der Waals surface area contributed by atoms with Gasteiger partial charge in [0.15, 0.2) is 11.3 Å². The van der Waals surface area contributed by atoms with Gasteiger partial charge in [-0.25, -0.2) is 8.78 Å². The van der Waals surface area contributed by atoms with Crippen LogP contribution in [0.2, 0.25) is 0 Å². The van der Waals surface area contributed by atoms with Crippen molar-refractivity contribution in [3.8, 4) is 5.75 Å². The number of ether oxygens (including phenoxy) is 2. The summed E-state index contributed by atoms with van der Waals surface area (Å²) in [5.74, 6) is -25.7. The molecule has 0 bridgehead atoms.